The van der Waals surface area contributed by atoms with Crippen LogP contribution in [0.1, 0.15) is 47.8 Å². The lowest BCUT2D eigenvalue weighted by atomic mass is 9.82. The van der Waals surface area contributed by atoms with E-state index in [1.165, 1.54) is 13.3 Å². The van der Waals surface area contributed by atoms with Gasteiger partial charge in [0.2, 0.25) is 0 Å². The minimum Gasteiger partial charge on any atom is -0.496 e. The molecule has 2 fully saturated rings. The average Bonchev–Trinajstić information content (AvgIpc) is 2.87. The molecule has 11 heteroatoms. The number of morpholine rings is 1. The maximum Gasteiger partial charge on any atom is 0.391 e. The fraction of sp³-hybridized carbons (Fsp3) is 0.542. The van der Waals surface area contributed by atoms with Crippen molar-refractivity contribution in [3.05, 3.63) is 42.0 Å². The molecule has 1 unspecified atom stereocenters. The number of alkyl halides is 3. The number of methoxy groups -OCH3 is 1. The van der Waals surface area contributed by atoms with E-state index in [0.717, 1.165) is 5.69 Å². The van der Waals surface area contributed by atoms with Crippen molar-refractivity contribution < 1.29 is 37.3 Å². The number of anilines is 1. The first kappa shape index (κ1) is 25.0. The summed E-state index contributed by atoms with van der Waals surface area (Å²) < 4.78 is 55.6. The number of nitrogens with zero attached hydrogens (tertiary/aromatic N) is 3. The second-order valence-corrected chi connectivity index (χ2v) is 8.87. The number of carboxylic acid groups (broad SMARTS) is 1. The number of carbonyl (C=O) groups is 1. The van der Waals surface area contributed by atoms with Crippen LogP contribution in [0.25, 0.3) is 0 Å². The molecular formula is C24H28F3N3O5. The van der Waals surface area contributed by atoms with Crippen LogP contribution in [0.2, 0.25) is 0 Å². The second-order valence-electron chi connectivity index (χ2n) is 8.87. The van der Waals surface area contributed by atoms with E-state index in [1.807, 2.05) is 6.07 Å². The molecule has 1 aliphatic carbocycles. The Morgan fingerprint density at radius 1 is 1.20 bits per heavy atom. The summed E-state index contributed by atoms with van der Waals surface area (Å²) in [5, 5.41) is 9.26. The Balaban J connectivity index is 1.36. The molecule has 2 aliphatic rings. The number of aromatic nitrogens is 2. The molecule has 35 heavy (non-hydrogen) atoms. The van der Waals surface area contributed by atoms with Crippen molar-refractivity contribution in [1.82, 2.24) is 9.97 Å². The minimum atomic E-state index is -4.11. The summed E-state index contributed by atoms with van der Waals surface area (Å²) in [7, 11) is 1.40. The van der Waals surface area contributed by atoms with Gasteiger partial charge >= 0.3 is 12.1 Å². The van der Waals surface area contributed by atoms with Gasteiger partial charge in [-0.15, -0.1) is 0 Å². The molecule has 1 aliphatic heterocycles. The lowest BCUT2D eigenvalue weighted by molar-refractivity contribution is -0.184. The smallest absolute Gasteiger partial charge is 0.391 e. The maximum atomic E-state index is 12.9. The van der Waals surface area contributed by atoms with Crippen LogP contribution in [0.3, 0.4) is 0 Å². The normalized spacial score (nSPS) is 23.1. The average molecular weight is 495 g/mol. The van der Waals surface area contributed by atoms with Crippen molar-refractivity contribution in [2.75, 3.05) is 38.3 Å². The Labute approximate surface area is 201 Å². The molecule has 2 aromatic rings. The molecule has 2 aromatic heterocycles. The lowest BCUT2D eigenvalue weighted by Gasteiger charge is -2.34. The summed E-state index contributed by atoms with van der Waals surface area (Å²) in [6.45, 7) is 1.88. The van der Waals surface area contributed by atoms with Crippen molar-refractivity contribution in [3.63, 3.8) is 0 Å². The Morgan fingerprint density at radius 2 is 1.97 bits per heavy atom. The summed E-state index contributed by atoms with van der Waals surface area (Å²) in [6, 6.07) is 3.43. The molecule has 0 radical (unpaired) electrons. The number of rotatable bonds is 7. The van der Waals surface area contributed by atoms with Crippen LogP contribution in [0.5, 0.6) is 11.5 Å². The van der Waals surface area contributed by atoms with Crippen molar-refractivity contribution in [1.29, 1.82) is 0 Å². The quantitative estimate of drug-likeness (QED) is 0.600. The molecule has 1 saturated carbocycles. The van der Waals surface area contributed by atoms with E-state index in [-0.39, 0.29) is 30.1 Å². The lowest BCUT2D eigenvalue weighted by Crippen LogP contribution is -2.38. The van der Waals surface area contributed by atoms with Gasteiger partial charge in [0.15, 0.2) is 0 Å². The largest absolute Gasteiger partial charge is 0.496 e. The van der Waals surface area contributed by atoms with E-state index in [9.17, 15) is 23.1 Å². The second kappa shape index (κ2) is 10.7. The van der Waals surface area contributed by atoms with Crippen LogP contribution >= 0.6 is 0 Å². The molecule has 8 nitrogen and oxygen atoms in total. The topological polar surface area (TPSA) is 94.0 Å². The van der Waals surface area contributed by atoms with Crippen LogP contribution in [0, 0.1) is 11.8 Å². The standard InChI is InChI=1S/C24H28F3N3O5/c1-33-21-9-20(29-12-19(21)23(31)32)22-13-30(6-7-34-22)17-8-18(11-28-10-17)35-14-15-2-4-16(5-3-15)24(25,26)27/h8-12,15-16,22H,2-7,13-14H2,1H3,(H,31,32)/t15-,16-,22?. The Bertz CT molecular complexity index is 1030. The molecule has 1 saturated heterocycles. The first-order valence-electron chi connectivity index (χ1n) is 11.5. The number of pyridine rings is 2. The van der Waals surface area contributed by atoms with Crippen molar-refractivity contribution >= 4 is 11.7 Å². The van der Waals surface area contributed by atoms with Crippen LogP contribution < -0.4 is 14.4 Å². The van der Waals surface area contributed by atoms with Crippen molar-refractivity contribution in [3.8, 4) is 11.5 Å². The van der Waals surface area contributed by atoms with Gasteiger partial charge in [-0.1, -0.05) is 0 Å². The van der Waals surface area contributed by atoms with Gasteiger partial charge in [0.05, 0.1) is 56.6 Å². The number of hydrogen-bond acceptors (Lipinski definition) is 7. The zero-order chi connectivity index (χ0) is 25.0. The summed E-state index contributed by atoms with van der Waals surface area (Å²) in [5.74, 6) is -1.45. The van der Waals surface area contributed by atoms with Crippen LogP contribution in [0.4, 0.5) is 18.9 Å². The third-order valence-electron chi connectivity index (χ3n) is 6.59. The van der Waals surface area contributed by atoms with E-state index < -0.39 is 24.2 Å². The van der Waals surface area contributed by atoms with Gasteiger partial charge < -0.3 is 24.2 Å². The molecule has 3 heterocycles. The van der Waals surface area contributed by atoms with E-state index in [2.05, 4.69) is 14.9 Å². The van der Waals surface area contributed by atoms with Gasteiger partial charge in [-0.25, -0.2) is 4.79 Å². The molecule has 0 bridgehead atoms. The minimum absolute atomic E-state index is 0.0233. The van der Waals surface area contributed by atoms with E-state index >= 15 is 0 Å². The number of ether oxygens (including phenoxy) is 3. The summed E-state index contributed by atoms with van der Waals surface area (Å²) in [5.41, 5.74) is 1.36. The monoisotopic (exact) mass is 495 g/mol. The van der Waals surface area contributed by atoms with Gasteiger partial charge in [0.1, 0.15) is 23.2 Å². The first-order chi connectivity index (χ1) is 16.7. The fourth-order valence-corrected chi connectivity index (χ4v) is 4.55. The van der Waals surface area contributed by atoms with Gasteiger partial charge in [0.25, 0.3) is 0 Å². The van der Waals surface area contributed by atoms with E-state index in [1.54, 1.807) is 18.5 Å². The highest BCUT2D eigenvalue weighted by molar-refractivity contribution is 5.90. The van der Waals surface area contributed by atoms with Crippen LogP contribution in [-0.4, -0.2) is 60.6 Å². The number of halogens is 3. The first-order valence-corrected chi connectivity index (χ1v) is 11.5. The zero-order valence-electron chi connectivity index (χ0n) is 19.3. The van der Waals surface area contributed by atoms with Crippen LogP contribution in [0.15, 0.2) is 30.7 Å². The molecule has 4 rings (SSSR count). The molecule has 0 amide bonds. The van der Waals surface area contributed by atoms with Gasteiger partial charge in [-0.05, 0) is 31.6 Å². The Hall–Kier alpha value is -3.08. The highest BCUT2D eigenvalue weighted by Gasteiger charge is 2.41. The molecule has 1 N–H and O–H groups in total. The Kier molecular flexibility index (Phi) is 7.63. The van der Waals surface area contributed by atoms with E-state index in [0.29, 0.717) is 50.6 Å². The van der Waals surface area contributed by atoms with Crippen LogP contribution in [-0.2, 0) is 4.74 Å². The number of carboxylic acids is 1. The van der Waals surface area contributed by atoms with Gasteiger partial charge in [-0.2, -0.15) is 13.2 Å². The Morgan fingerprint density at radius 3 is 2.66 bits per heavy atom. The number of hydrogen-bond donors (Lipinski definition) is 1. The SMILES string of the molecule is COc1cc(C2CN(c3cncc(OC[C@H]4CC[C@H](C(F)(F)F)CC4)c3)CCO2)ncc1C(=O)O. The third-order valence-corrected chi connectivity index (χ3v) is 6.59. The van der Waals surface area contributed by atoms with Crippen molar-refractivity contribution in [2.24, 2.45) is 11.8 Å². The molecular weight excluding hydrogens is 467 g/mol. The highest BCUT2D eigenvalue weighted by atomic mass is 19.4. The molecule has 190 valence electrons. The third kappa shape index (κ3) is 6.14. The zero-order valence-corrected chi connectivity index (χ0v) is 19.3. The summed E-state index contributed by atoms with van der Waals surface area (Å²) in [4.78, 5) is 21.9. The predicted molar refractivity (Wildman–Crippen MR) is 120 cm³/mol. The molecule has 1 atom stereocenters. The summed E-state index contributed by atoms with van der Waals surface area (Å²) >= 11 is 0. The predicted octanol–water partition coefficient (Wildman–Crippen LogP) is 4.51. The highest BCUT2D eigenvalue weighted by Crippen LogP contribution is 2.39. The van der Waals surface area contributed by atoms with Gasteiger partial charge in [0, 0.05) is 24.9 Å². The molecule has 0 spiro atoms. The fourth-order valence-electron chi connectivity index (χ4n) is 4.55. The van der Waals surface area contributed by atoms with E-state index in [4.69, 9.17) is 14.2 Å². The molecule has 0 aromatic carbocycles. The maximum absolute atomic E-state index is 12.9. The number of aromatic carboxylic acids is 1. The summed E-state index contributed by atoms with van der Waals surface area (Å²) in [6.07, 6.45) is 1.36. The van der Waals surface area contributed by atoms with Crippen molar-refractivity contribution in [2.45, 2.75) is 38.0 Å². The van der Waals surface area contributed by atoms with Gasteiger partial charge in [-0.3, -0.25) is 9.97 Å².